The van der Waals surface area contributed by atoms with Crippen LogP contribution in [0.5, 0.6) is 0 Å². The van der Waals surface area contributed by atoms with Gasteiger partial charge in [-0.3, -0.25) is 4.79 Å². The molecule has 0 aliphatic rings. The van der Waals surface area contributed by atoms with E-state index in [0.717, 1.165) is 19.3 Å². The molecule has 0 unspecified atom stereocenters. The highest BCUT2D eigenvalue weighted by Gasteiger charge is 2.24. The molecular formula is C12H26N2O2. The van der Waals surface area contributed by atoms with Gasteiger partial charge in [0, 0.05) is 13.1 Å². The van der Waals surface area contributed by atoms with Crippen molar-refractivity contribution in [3.8, 4) is 0 Å². The number of nitrogens with zero attached hydrogens (tertiary/aromatic N) is 1. The monoisotopic (exact) mass is 230 g/mol. The van der Waals surface area contributed by atoms with E-state index in [1.54, 1.807) is 4.90 Å². The highest BCUT2D eigenvalue weighted by Crippen LogP contribution is 2.09. The number of hydrogen-bond acceptors (Lipinski definition) is 3. The van der Waals surface area contributed by atoms with Crippen molar-refractivity contribution in [2.45, 2.75) is 46.1 Å². The second kappa shape index (κ2) is 8.53. The van der Waals surface area contributed by atoms with Gasteiger partial charge in [-0.25, -0.2) is 0 Å². The number of nitrogens with two attached hydrogens (primary N) is 1. The number of carbonyl (C=O) groups is 1. The summed E-state index contributed by atoms with van der Waals surface area (Å²) in [6.45, 7) is 7.18. The summed E-state index contributed by atoms with van der Waals surface area (Å²) in [5.41, 5.74) is 5.90. The fourth-order valence-corrected chi connectivity index (χ4v) is 1.51. The van der Waals surface area contributed by atoms with E-state index >= 15 is 0 Å². The van der Waals surface area contributed by atoms with Crippen LogP contribution in [0.15, 0.2) is 0 Å². The number of rotatable bonds is 8. The van der Waals surface area contributed by atoms with Gasteiger partial charge in [-0.1, -0.05) is 33.6 Å². The van der Waals surface area contributed by atoms with Crippen LogP contribution >= 0.6 is 0 Å². The Bertz CT molecular complexity index is 197. The zero-order valence-electron chi connectivity index (χ0n) is 10.8. The molecule has 0 aromatic rings. The third kappa shape index (κ3) is 4.94. The molecule has 1 amide bonds. The smallest absolute Gasteiger partial charge is 0.239 e. The standard InChI is InChI=1S/C12H26N2O2/c1-4-6-7-14(8-9-15)12(16)11(13)10(3)5-2/h10-11,15H,4-9,13H2,1-3H3/t10-,11-/m0/s1. The number of carbonyl (C=O) groups excluding carboxylic acids is 1. The second-order valence-corrected chi connectivity index (χ2v) is 4.31. The van der Waals surface area contributed by atoms with Gasteiger partial charge in [0.2, 0.25) is 5.91 Å². The van der Waals surface area contributed by atoms with E-state index in [9.17, 15) is 4.79 Å². The van der Waals surface area contributed by atoms with Crippen molar-refractivity contribution in [2.24, 2.45) is 11.7 Å². The zero-order chi connectivity index (χ0) is 12.6. The van der Waals surface area contributed by atoms with E-state index in [1.807, 2.05) is 13.8 Å². The average Bonchev–Trinajstić information content (AvgIpc) is 2.31. The molecule has 0 aliphatic carbocycles. The van der Waals surface area contributed by atoms with E-state index in [2.05, 4.69) is 6.92 Å². The lowest BCUT2D eigenvalue weighted by atomic mass is 9.99. The SMILES string of the molecule is CCCCN(CCO)C(=O)[C@@H](N)[C@@H](C)CC. The van der Waals surface area contributed by atoms with Crippen LogP contribution < -0.4 is 5.73 Å². The highest BCUT2D eigenvalue weighted by molar-refractivity contribution is 5.81. The second-order valence-electron chi connectivity index (χ2n) is 4.31. The molecule has 0 aromatic heterocycles. The van der Waals surface area contributed by atoms with Gasteiger partial charge in [0.05, 0.1) is 12.6 Å². The Morgan fingerprint density at radius 2 is 2.00 bits per heavy atom. The molecule has 16 heavy (non-hydrogen) atoms. The molecule has 0 rings (SSSR count). The zero-order valence-corrected chi connectivity index (χ0v) is 10.8. The Balaban J connectivity index is 4.34. The maximum atomic E-state index is 12.0. The Labute approximate surface area is 98.8 Å². The van der Waals surface area contributed by atoms with Crippen molar-refractivity contribution in [3.05, 3.63) is 0 Å². The number of amides is 1. The van der Waals surface area contributed by atoms with Crippen molar-refractivity contribution >= 4 is 5.91 Å². The van der Waals surface area contributed by atoms with Gasteiger partial charge in [-0.2, -0.15) is 0 Å². The molecule has 0 heterocycles. The van der Waals surface area contributed by atoms with E-state index in [0.29, 0.717) is 13.1 Å². The molecule has 0 saturated carbocycles. The minimum Gasteiger partial charge on any atom is -0.395 e. The molecule has 4 nitrogen and oxygen atoms in total. The third-order valence-electron chi connectivity index (χ3n) is 3.01. The lowest BCUT2D eigenvalue weighted by Gasteiger charge is -2.27. The average molecular weight is 230 g/mol. The van der Waals surface area contributed by atoms with Crippen molar-refractivity contribution in [1.82, 2.24) is 4.90 Å². The summed E-state index contributed by atoms with van der Waals surface area (Å²) < 4.78 is 0. The fraction of sp³-hybridized carbons (Fsp3) is 0.917. The van der Waals surface area contributed by atoms with Gasteiger partial charge in [0.25, 0.3) is 0 Å². The van der Waals surface area contributed by atoms with Crippen LogP contribution in [0, 0.1) is 5.92 Å². The molecule has 0 saturated heterocycles. The molecule has 0 aromatic carbocycles. The minimum absolute atomic E-state index is 0.00266. The van der Waals surface area contributed by atoms with Gasteiger partial charge < -0.3 is 15.7 Å². The van der Waals surface area contributed by atoms with Gasteiger partial charge in [-0.05, 0) is 12.3 Å². The lowest BCUT2D eigenvalue weighted by Crippen LogP contribution is -2.48. The summed E-state index contributed by atoms with van der Waals surface area (Å²) in [4.78, 5) is 13.7. The molecule has 3 N–H and O–H groups in total. The number of aliphatic hydroxyl groups excluding tert-OH is 1. The van der Waals surface area contributed by atoms with E-state index in [4.69, 9.17) is 10.8 Å². The van der Waals surface area contributed by atoms with E-state index < -0.39 is 6.04 Å². The first kappa shape index (κ1) is 15.4. The first-order chi connectivity index (χ1) is 7.58. The fourth-order valence-electron chi connectivity index (χ4n) is 1.51. The molecule has 0 spiro atoms. The molecule has 96 valence electrons. The minimum atomic E-state index is -0.437. The van der Waals surface area contributed by atoms with Gasteiger partial charge >= 0.3 is 0 Å². The number of unbranched alkanes of at least 4 members (excludes halogenated alkanes) is 1. The number of aliphatic hydroxyl groups is 1. The summed E-state index contributed by atoms with van der Waals surface area (Å²) >= 11 is 0. The summed E-state index contributed by atoms with van der Waals surface area (Å²) in [6, 6.07) is -0.437. The Morgan fingerprint density at radius 3 is 2.44 bits per heavy atom. The first-order valence-electron chi connectivity index (χ1n) is 6.23. The van der Waals surface area contributed by atoms with Crippen LogP contribution in [-0.4, -0.2) is 41.7 Å². The van der Waals surface area contributed by atoms with Crippen molar-refractivity contribution in [1.29, 1.82) is 0 Å². The van der Waals surface area contributed by atoms with Gasteiger partial charge in [0.15, 0.2) is 0 Å². The summed E-state index contributed by atoms with van der Waals surface area (Å²) in [6.07, 6.45) is 2.89. The van der Waals surface area contributed by atoms with Crippen LogP contribution in [0.1, 0.15) is 40.0 Å². The van der Waals surface area contributed by atoms with Crippen LogP contribution in [0.2, 0.25) is 0 Å². The lowest BCUT2D eigenvalue weighted by molar-refractivity contribution is -0.134. The van der Waals surface area contributed by atoms with Crippen LogP contribution in [0.25, 0.3) is 0 Å². The highest BCUT2D eigenvalue weighted by atomic mass is 16.3. The molecule has 2 atom stereocenters. The maximum Gasteiger partial charge on any atom is 0.239 e. The first-order valence-corrected chi connectivity index (χ1v) is 6.23. The normalized spacial score (nSPS) is 14.6. The quantitative estimate of drug-likeness (QED) is 0.653. The summed E-state index contributed by atoms with van der Waals surface area (Å²) in [5, 5.41) is 8.93. The largest absolute Gasteiger partial charge is 0.395 e. The predicted octanol–water partition coefficient (Wildman–Crippen LogP) is 0.981. The van der Waals surface area contributed by atoms with Crippen LogP contribution in [0.3, 0.4) is 0 Å². The van der Waals surface area contributed by atoms with Crippen molar-refractivity contribution < 1.29 is 9.90 Å². The Morgan fingerprint density at radius 1 is 1.38 bits per heavy atom. The summed E-state index contributed by atoms with van der Waals surface area (Å²) in [7, 11) is 0. The summed E-state index contributed by atoms with van der Waals surface area (Å²) in [5.74, 6) is 0.159. The number of hydrogen-bond donors (Lipinski definition) is 2. The maximum absolute atomic E-state index is 12.0. The van der Waals surface area contributed by atoms with Crippen molar-refractivity contribution in [2.75, 3.05) is 19.7 Å². The Hall–Kier alpha value is -0.610. The molecule has 0 radical (unpaired) electrons. The Kier molecular flexibility index (Phi) is 8.21. The molecular weight excluding hydrogens is 204 g/mol. The predicted molar refractivity (Wildman–Crippen MR) is 66.0 cm³/mol. The topological polar surface area (TPSA) is 66.6 Å². The van der Waals surface area contributed by atoms with Crippen molar-refractivity contribution in [3.63, 3.8) is 0 Å². The van der Waals surface area contributed by atoms with Crippen LogP contribution in [0.4, 0.5) is 0 Å². The van der Waals surface area contributed by atoms with E-state index in [-0.39, 0.29) is 18.4 Å². The molecule has 0 aliphatic heterocycles. The molecule has 0 fully saturated rings. The third-order valence-corrected chi connectivity index (χ3v) is 3.01. The van der Waals surface area contributed by atoms with Gasteiger partial charge in [0.1, 0.15) is 0 Å². The van der Waals surface area contributed by atoms with Gasteiger partial charge in [-0.15, -0.1) is 0 Å². The molecule has 4 heteroatoms. The van der Waals surface area contributed by atoms with E-state index in [1.165, 1.54) is 0 Å². The van der Waals surface area contributed by atoms with Crippen LogP contribution in [-0.2, 0) is 4.79 Å². The molecule has 0 bridgehead atoms.